The molecule has 0 heterocycles. The number of anilines is 1. The number of carbonyl (C=O) groups is 2. The number of hydrogen-bond donors (Lipinski definition) is 1. The third kappa shape index (κ3) is 7.95. The van der Waals surface area contributed by atoms with Crippen LogP contribution in [0.2, 0.25) is 0 Å². The van der Waals surface area contributed by atoms with Crippen molar-refractivity contribution in [3.63, 3.8) is 0 Å². The summed E-state index contributed by atoms with van der Waals surface area (Å²) in [7, 11) is -3.80. The SMILES string of the molecule is CCCCNC(=O)C(C)N(Cc1ccccc1F)C(=O)CN(c1ccc(I)cc1)S(C)(=O)=O. The standard InChI is InChI=1S/C23H29FIN3O4S/c1-4-5-14-26-23(30)17(2)27(15-18-8-6-7-9-21(18)24)22(29)16-28(33(3,31)32)20-12-10-19(25)11-13-20/h6-13,17H,4-5,14-16H2,1-3H3,(H,26,30). The molecule has 2 aromatic rings. The van der Waals surface area contributed by atoms with Crippen LogP contribution in [0.1, 0.15) is 32.3 Å². The van der Waals surface area contributed by atoms with Crippen LogP contribution in [-0.4, -0.2) is 50.5 Å². The summed E-state index contributed by atoms with van der Waals surface area (Å²) in [5.74, 6) is -1.50. The lowest BCUT2D eigenvalue weighted by molar-refractivity contribution is -0.139. The van der Waals surface area contributed by atoms with Crippen molar-refractivity contribution in [2.45, 2.75) is 39.3 Å². The minimum atomic E-state index is -3.80. The van der Waals surface area contributed by atoms with Gasteiger partial charge >= 0.3 is 0 Å². The van der Waals surface area contributed by atoms with Gasteiger partial charge < -0.3 is 10.2 Å². The molecule has 2 amide bonds. The molecule has 180 valence electrons. The van der Waals surface area contributed by atoms with Gasteiger partial charge in [-0.2, -0.15) is 0 Å². The van der Waals surface area contributed by atoms with Crippen LogP contribution in [0, 0.1) is 9.39 Å². The molecule has 1 atom stereocenters. The number of carbonyl (C=O) groups excluding carboxylic acids is 2. The first kappa shape index (κ1) is 27.0. The molecule has 0 saturated heterocycles. The van der Waals surface area contributed by atoms with Gasteiger partial charge in [0.15, 0.2) is 0 Å². The molecule has 33 heavy (non-hydrogen) atoms. The summed E-state index contributed by atoms with van der Waals surface area (Å²) in [6.45, 7) is 3.32. The molecule has 0 fully saturated rings. The van der Waals surface area contributed by atoms with E-state index in [1.54, 1.807) is 37.3 Å². The molecule has 1 N–H and O–H groups in total. The average molecular weight is 589 g/mol. The van der Waals surface area contributed by atoms with Gasteiger partial charge in [-0.3, -0.25) is 13.9 Å². The second-order valence-electron chi connectivity index (χ2n) is 7.68. The predicted octanol–water partition coefficient (Wildman–Crippen LogP) is 3.53. The average Bonchev–Trinajstić information content (AvgIpc) is 2.76. The molecule has 7 nitrogen and oxygen atoms in total. The van der Waals surface area contributed by atoms with Gasteiger partial charge in [0.1, 0.15) is 18.4 Å². The number of benzene rings is 2. The van der Waals surface area contributed by atoms with Crippen molar-refractivity contribution in [2.75, 3.05) is 23.7 Å². The van der Waals surface area contributed by atoms with E-state index in [-0.39, 0.29) is 18.0 Å². The van der Waals surface area contributed by atoms with E-state index in [1.165, 1.54) is 23.1 Å². The van der Waals surface area contributed by atoms with Gasteiger partial charge in [-0.25, -0.2) is 12.8 Å². The van der Waals surface area contributed by atoms with E-state index in [2.05, 4.69) is 27.9 Å². The fourth-order valence-corrected chi connectivity index (χ4v) is 4.36. The monoisotopic (exact) mass is 589 g/mol. The third-order valence-corrected chi connectivity index (χ3v) is 6.95. The summed E-state index contributed by atoms with van der Waals surface area (Å²) in [5, 5.41) is 2.78. The van der Waals surface area contributed by atoms with Crippen molar-refractivity contribution < 1.29 is 22.4 Å². The largest absolute Gasteiger partial charge is 0.354 e. The van der Waals surface area contributed by atoms with Gasteiger partial charge in [-0.1, -0.05) is 31.5 Å². The highest BCUT2D eigenvalue weighted by atomic mass is 127. The zero-order chi connectivity index (χ0) is 24.6. The third-order valence-electron chi connectivity index (χ3n) is 5.09. The van der Waals surface area contributed by atoms with E-state index < -0.39 is 34.3 Å². The lowest BCUT2D eigenvalue weighted by atomic mass is 10.1. The van der Waals surface area contributed by atoms with E-state index in [1.807, 2.05) is 6.92 Å². The summed E-state index contributed by atoms with van der Waals surface area (Å²) in [6.07, 6.45) is 2.70. The highest BCUT2D eigenvalue weighted by Gasteiger charge is 2.30. The molecule has 0 radical (unpaired) electrons. The van der Waals surface area contributed by atoms with Crippen molar-refractivity contribution in [3.05, 3.63) is 63.5 Å². The minimum absolute atomic E-state index is 0.168. The Labute approximate surface area is 208 Å². The van der Waals surface area contributed by atoms with E-state index in [0.717, 1.165) is 27.0 Å². The highest BCUT2D eigenvalue weighted by Crippen LogP contribution is 2.21. The summed E-state index contributed by atoms with van der Waals surface area (Å²) < 4.78 is 41.2. The minimum Gasteiger partial charge on any atom is -0.354 e. The molecule has 0 spiro atoms. The molecular weight excluding hydrogens is 560 g/mol. The van der Waals surface area contributed by atoms with Crippen molar-refractivity contribution in [2.24, 2.45) is 0 Å². The maximum atomic E-state index is 14.3. The smallest absolute Gasteiger partial charge is 0.244 e. The van der Waals surface area contributed by atoms with Crippen LogP contribution in [0.3, 0.4) is 0 Å². The summed E-state index contributed by atoms with van der Waals surface area (Å²) in [4.78, 5) is 27.3. The Kier molecular flexibility index (Phi) is 10.1. The van der Waals surface area contributed by atoms with Crippen LogP contribution < -0.4 is 9.62 Å². The van der Waals surface area contributed by atoms with Crippen molar-refractivity contribution >= 4 is 50.1 Å². The fraction of sp³-hybridized carbons (Fsp3) is 0.391. The molecule has 0 bridgehead atoms. The second kappa shape index (κ2) is 12.3. The Hall–Kier alpha value is -2.21. The maximum absolute atomic E-state index is 14.3. The number of halogens is 2. The van der Waals surface area contributed by atoms with E-state index >= 15 is 0 Å². The number of sulfonamides is 1. The Morgan fingerprint density at radius 1 is 1.12 bits per heavy atom. The van der Waals surface area contributed by atoms with Crippen LogP contribution in [-0.2, 0) is 26.2 Å². The fourth-order valence-electron chi connectivity index (χ4n) is 3.15. The van der Waals surface area contributed by atoms with Gasteiger partial charge in [-0.15, -0.1) is 0 Å². The van der Waals surface area contributed by atoms with E-state index in [4.69, 9.17) is 0 Å². The van der Waals surface area contributed by atoms with Gasteiger partial charge in [0.05, 0.1) is 11.9 Å². The predicted molar refractivity (Wildman–Crippen MR) is 136 cm³/mol. The summed E-state index contributed by atoms with van der Waals surface area (Å²) in [6, 6.07) is 11.8. The zero-order valence-electron chi connectivity index (χ0n) is 18.9. The van der Waals surface area contributed by atoms with Crippen LogP contribution >= 0.6 is 22.6 Å². The summed E-state index contributed by atoms with van der Waals surface area (Å²) in [5.41, 5.74) is 0.566. The molecule has 1 unspecified atom stereocenters. The van der Waals surface area contributed by atoms with E-state index in [0.29, 0.717) is 12.2 Å². The lowest BCUT2D eigenvalue weighted by Gasteiger charge is -2.31. The Bertz CT molecular complexity index is 1060. The number of rotatable bonds is 11. The van der Waals surface area contributed by atoms with Crippen molar-refractivity contribution in [1.29, 1.82) is 0 Å². The number of amides is 2. The van der Waals surface area contributed by atoms with Crippen LogP contribution in [0.15, 0.2) is 48.5 Å². The summed E-state index contributed by atoms with van der Waals surface area (Å²) >= 11 is 2.10. The first-order chi connectivity index (χ1) is 15.5. The molecule has 0 aliphatic carbocycles. The number of unbranched alkanes of at least 4 members (excludes halogenated alkanes) is 1. The van der Waals surface area contributed by atoms with Crippen LogP contribution in [0.25, 0.3) is 0 Å². The second-order valence-corrected chi connectivity index (χ2v) is 10.8. The number of nitrogens with one attached hydrogen (secondary N) is 1. The lowest BCUT2D eigenvalue weighted by Crippen LogP contribution is -2.51. The molecule has 0 aliphatic heterocycles. The van der Waals surface area contributed by atoms with Gasteiger partial charge in [0.2, 0.25) is 21.8 Å². The van der Waals surface area contributed by atoms with Crippen LogP contribution in [0.4, 0.5) is 10.1 Å². The topological polar surface area (TPSA) is 86.8 Å². The Morgan fingerprint density at radius 2 is 1.76 bits per heavy atom. The van der Waals surface area contributed by atoms with Gasteiger partial charge in [0, 0.05) is 22.2 Å². The van der Waals surface area contributed by atoms with Crippen molar-refractivity contribution in [3.8, 4) is 0 Å². The first-order valence-corrected chi connectivity index (χ1v) is 13.5. The first-order valence-electron chi connectivity index (χ1n) is 10.6. The maximum Gasteiger partial charge on any atom is 0.244 e. The molecule has 0 saturated carbocycles. The van der Waals surface area contributed by atoms with Crippen LogP contribution in [0.5, 0.6) is 0 Å². The number of hydrogen-bond acceptors (Lipinski definition) is 4. The molecule has 10 heteroatoms. The number of nitrogens with zero attached hydrogens (tertiary/aromatic N) is 2. The molecule has 0 aliphatic rings. The molecule has 2 rings (SSSR count). The van der Waals surface area contributed by atoms with Crippen molar-refractivity contribution in [1.82, 2.24) is 10.2 Å². The normalized spacial score (nSPS) is 12.2. The molecular formula is C23H29FIN3O4S. The zero-order valence-corrected chi connectivity index (χ0v) is 21.9. The quantitative estimate of drug-likeness (QED) is 0.321. The van der Waals surface area contributed by atoms with Gasteiger partial charge in [-0.05, 0) is 66.3 Å². The Morgan fingerprint density at radius 3 is 2.33 bits per heavy atom. The van der Waals surface area contributed by atoms with Gasteiger partial charge in [0.25, 0.3) is 0 Å². The molecule has 0 aromatic heterocycles. The Balaban J connectivity index is 2.35. The highest BCUT2D eigenvalue weighted by molar-refractivity contribution is 14.1. The molecule has 2 aromatic carbocycles. The van der Waals surface area contributed by atoms with E-state index in [9.17, 15) is 22.4 Å².